The van der Waals surface area contributed by atoms with Crippen LogP contribution >= 0.6 is 0 Å². The Labute approximate surface area is 111 Å². The van der Waals surface area contributed by atoms with Crippen LogP contribution < -0.4 is 10.2 Å². The third-order valence-corrected chi connectivity index (χ3v) is 3.94. The van der Waals surface area contributed by atoms with Gasteiger partial charge in [0.15, 0.2) is 0 Å². The summed E-state index contributed by atoms with van der Waals surface area (Å²) in [5, 5.41) is 3.20. The number of rotatable bonds is 3. The highest BCUT2D eigenvalue weighted by molar-refractivity contribution is 5.55. The smallest absolute Gasteiger partial charge is 0.0397 e. The number of piperazine rings is 1. The monoisotopic (exact) mass is 247 g/mol. The number of benzene rings is 1. The van der Waals surface area contributed by atoms with Crippen molar-refractivity contribution < 1.29 is 0 Å². The Morgan fingerprint density at radius 2 is 2.11 bits per heavy atom. The molecule has 1 aromatic carbocycles. The second-order valence-electron chi connectivity index (χ2n) is 5.43. The topological polar surface area (TPSA) is 18.5 Å². The largest absolute Gasteiger partial charge is 0.368 e. The first kappa shape index (κ1) is 13.4. The molecule has 0 spiro atoms. The van der Waals surface area contributed by atoms with E-state index in [2.05, 4.69) is 54.2 Å². The molecular formula is C15H25N3. The summed E-state index contributed by atoms with van der Waals surface area (Å²) >= 11 is 0. The maximum atomic E-state index is 3.20. The lowest BCUT2D eigenvalue weighted by atomic mass is 10.1. The summed E-state index contributed by atoms with van der Waals surface area (Å²) in [5.41, 5.74) is 4.15. The Morgan fingerprint density at radius 3 is 2.72 bits per heavy atom. The van der Waals surface area contributed by atoms with Gasteiger partial charge in [-0.25, -0.2) is 0 Å². The molecule has 1 N–H and O–H groups in total. The minimum absolute atomic E-state index is 0.634. The number of anilines is 1. The van der Waals surface area contributed by atoms with Crippen molar-refractivity contribution in [3.8, 4) is 0 Å². The second kappa shape index (κ2) is 5.72. The van der Waals surface area contributed by atoms with Gasteiger partial charge in [-0.15, -0.1) is 0 Å². The van der Waals surface area contributed by atoms with E-state index in [9.17, 15) is 0 Å². The number of nitrogens with one attached hydrogen (secondary N) is 1. The Morgan fingerprint density at radius 1 is 1.33 bits per heavy atom. The van der Waals surface area contributed by atoms with Gasteiger partial charge in [0.05, 0.1) is 0 Å². The van der Waals surface area contributed by atoms with E-state index < -0.39 is 0 Å². The highest BCUT2D eigenvalue weighted by atomic mass is 15.3. The lowest BCUT2D eigenvalue weighted by molar-refractivity contribution is 0.234. The van der Waals surface area contributed by atoms with E-state index in [1.54, 1.807) is 0 Å². The summed E-state index contributed by atoms with van der Waals surface area (Å²) in [6, 6.07) is 7.45. The lowest BCUT2D eigenvalue weighted by Gasteiger charge is -2.39. The summed E-state index contributed by atoms with van der Waals surface area (Å²) in [6.45, 7) is 8.88. The third-order valence-electron chi connectivity index (χ3n) is 3.94. The molecule has 1 atom stereocenters. The van der Waals surface area contributed by atoms with Crippen LogP contribution in [0.25, 0.3) is 0 Å². The average Bonchev–Trinajstić information content (AvgIpc) is 2.34. The highest BCUT2D eigenvalue weighted by Gasteiger charge is 2.21. The van der Waals surface area contributed by atoms with Gasteiger partial charge in [0.25, 0.3) is 0 Å². The predicted octanol–water partition coefficient (Wildman–Crippen LogP) is 1.85. The van der Waals surface area contributed by atoms with E-state index in [1.165, 1.54) is 16.8 Å². The summed E-state index contributed by atoms with van der Waals surface area (Å²) in [4.78, 5) is 4.95. The molecule has 1 heterocycles. The van der Waals surface area contributed by atoms with Gasteiger partial charge in [-0.05, 0) is 45.1 Å². The predicted molar refractivity (Wildman–Crippen MR) is 78.2 cm³/mol. The highest BCUT2D eigenvalue weighted by Crippen LogP contribution is 2.23. The molecule has 3 heteroatoms. The van der Waals surface area contributed by atoms with E-state index in [0.29, 0.717) is 6.04 Å². The summed E-state index contributed by atoms with van der Waals surface area (Å²) in [6.07, 6.45) is 0. The summed E-state index contributed by atoms with van der Waals surface area (Å²) < 4.78 is 0. The van der Waals surface area contributed by atoms with Gasteiger partial charge in [-0.3, -0.25) is 0 Å². The van der Waals surface area contributed by atoms with Crippen molar-refractivity contribution in [3.63, 3.8) is 0 Å². The first-order chi connectivity index (χ1) is 8.61. The van der Waals surface area contributed by atoms with Crippen LogP contribution in [-0.4, -0.2) is 44.7 Å². The average molecular weight is 247 g/mol. The first-order valence-electron chi connectivity index (χ1n) is 6.81. The molecule has 1 aromatic rings. The number of aryl methyl sites for hydroxylation is 1. The van der Waals surface area contributed by atoms with Crippen molar-refractivity contribution in [2.75, 3.05) is 38.6 Å². The zero-order chi connectivity index (χ0) is 13.1. The van der Waals surface area contributed by atoms with Crippen molar-refractivity contribution in [1.29, 1.82) is 0 Å². The Balaban J connectivity index is 2.13. The third kappa shape index (κ3) is 2.85. The molecule has 1 aliphatic heterocycles. The molecule has 0 bridgehead atoms. The van der Waals surface area contributed by atoms with E-state index in [-0.39, 0.29) is 0 Å². The van der Waals surface area contributed by atoms with Crippen LogP contribution in [-0.2, 0) is 6.54 Å². The molecule has 3 nitrogen and oxygen atoms in total. The molecule has 0 aliphatic carbocycles. The molecule has 100 valence electrons. The second-order valence-corrected chi connectivity index (χ2v) is 5.43. The van der Waals surface area contributed by atoms with Crippen molar-refractivity contribution in [3.05, 3.63) is 29.3 Å². The molecule has 1 fully saturated rings. The number of nitrogens with zero attached hydrogens (tertiary/aromatic N) is 2. The van der Waals surface area contributed by atoms with Gasteiger partial charge < -0.3 is 15.1 Å². The number of hydrogen-bond acceptors (Lipinski definition) is 3. The van der Waals surface area contributed by atoms with Crippen LogP contribution in [0.4, 0.5) is 5.69 Å². The quantitative estimate of drug-likeness (QED) is 0.879. The van der Waals surface area contributed by atoms with Gasteiger partial charge in [0.1, 0.15) is 0 Å². The lowest BCUT2D eigenvalue weighted by Crippen LogP contribution is -2.50. The van der Waals surface area contributed by atoms with Gasteiger partial charge in [-0.1, -0.05) is 12.1 Å². The van der Waals surface area contributed by atoms with Crippen molar-refractivity contribution in [2.45, 2.75) is 26.4 Å². The van der Waals surface area contributed by atoms with Crippen LogP contribution in [0.2, 0.25) is 0 Å². The Hall–Kier alpha value is -1.06. The fourth-order valence-electron chi connectivity index (χ4n) is 2.65. The van der Waals surface area contributed by atoms with Crippen LogP contribution in [0.1, 0.15) is 18.1 Å². The zero-order valence-electron chi connectivity index (χ0n) is 12.0. The molecule has 0 amide bonds. The first-order valence-corrected chi connectivity index (χ1v) is 6.81. The summed E-state index contributed by atoms with van der Waals surface area (Å²) in [7, 11) is 4.20. The van der Waals surface area contributed by atoms with Gasteiger partial charge >= 0.3 is 0 Å². The zero-order valence-corrected chi connectivity index (χ0v) is 12.0. The molecule has 0 radical (unpaired) electrons. The summed E-state index contributed by atoms with van der Waals surface area (Å²) in [5.74, 6) is 0. The van der Waals surface area contributed by atoms with E-state index in [0.717, 1.165) is 26.2 Å². The van der Waals surface area contributed by atoms with E-state index in [4.69, 9.17) is 0 Å². The molecule has 1 saturated heterocycles. The molecule has 18 heavy (non-hydrogen) atoms. The minimum atomic E-state index is 0.634. The molecule has 1 aliphatic rings. The van der Waals surface area contributed by atoms with Crippen molar-refractivity contribution in [1.82, 2.24) is 10.2 Å². The Bertz CT molecular complexity index is 403. The molecule has 2 rings (SSSR count). The molecule has 1 unspecified atom stereocenters. The fourth-order valence-corrected chi connectivity index (χ4v) is 2.65. The van der Waals surface area contributed by atoms with Crippen LogP contribution in [0.5, 0.6) is 0 Å². The maximum Gasteiger partial charge on any atom is 0.0397 e. The van der Waals surface area contributed by atoms with E-state index in [1.807, 2.05) is 7.05 Å². The Kier molecular flexibility index (Phi) is 4.25. The molecule has 0 aromatic heterocycles. The van der Waals surface area contributed by atoms with Crippen molar-refractivity contribution in [2.24, 2.45) is 0 Å². The maximum absolute atomic E-state index is 3.20. The SMILES string of the molecule is CNCc1ccc(N2CCN(C)C(C)C2)c(C)c1. The minimum Gasteiger partial charge on any atom is -0.368 e. The van der Waals surface area contributed by atoms with Crippen LogP contribution in [0.15, 0.2) is 18.2 Å². The van der Waals surface area contributed by atoms with Crippen molar-refractivity contribution >= 4 is 5.69 Å². The molecule has 0 saturated carbocycles. The fraction of sp³-hybridized carbons (Fsp3) is 0.600. The van der Waals surface area contributed by atoms with E-state index >= 15 is 0 Å². The number of likely N-dealkylation sites (N-methyl/N-ethyl adjacent to an activating group) is 1. The van der Waals surface area contributed by atoms with Gasteiger partial charge in [0.2, 0.25) is 0 Å². The molecular weight excluding hydrogens is 222 g/mol. The van der Waals surface area contributed by atoms with Gasteiger partial charge in [-0.2, -0.15) is 0 Å². The standard InChI is InChI=1S/C15H25N3/c1-12-9-14(10-16-3)5-6-15(12)18-8-7-17(4)13(2)11-18/h5-6,9,13,16H,7-8,10-11H2,1-4H3. The number of hydrogen-bond donors (Lipinski definition) is 1. The van der Waals surface area contributed by atoms with Crippen LogP contribution in [0, 0.1) is 6.92 Å². The van der Waals surface area contributed by atoms with Crippen LogP contribution in [0.3, 0.4) is 0 Å². The van der Waals surface area contributed by atoms with Gasteiger partial charge in [0, 0.05) is 37.9 Å². The normalized spacial score (nSPS) is 21.3.